The van der Waals surface area contributed by atoms with Gasteiger partial charge in [0.15, 0.2) is 6.10 Å². The highest BCUT2D eigenvalue weighted by atomic mass is 35.5. The molecule has 0 aliphatic heterocycles. The molecular formula is C9H10ClF4NO. The molecule has 2 nitrogen and oxygen atoms in total. The molecule has 1 rings (SSSR count). The van der Waals surface area contributed by atoms with Crippen molar-refractivity contribution in [3.8, 4) is 0 Å². The van der Waals surface area contributed by atoms with E-state index < -0.39 is 24.1 Å². The van der Waals surface area contributed by atoms with Crippen molar-refractivity contribution in [2.24, 2.45) is 5.73 Å². The van der Waals surface area contributed by atoms with E-state index in [0.717, 1.165) is 24.3 Å². The van der Waals surface area contributed by atoms with Crippen molar-refractivity contribution in [3.63, 3.8) is 0 Å². The quantitative estimate of drug-likeness (QED) is 0.800. The summed E-state index contributed by atoms with van der Waals surface area (Å²) in [6.07, 6.45) is -7.43. The van der Waals surface area contributed by atoms with Crippen LogP contribution in [0.2, 0.25) is 0 Å². The SMILES string of the molecule is Cl.N[C@H](c1ccc(F)cc1)[C@@H](O)C(F)(F)F. The summed E-state index contributed by atoms with van der Waals surface area (Å²) in [5.74, 6) is -0.576. The normalized spacial score (nSPS) is 15.1. The molecule has 1 aromatic carbocycles. The molecule has 7 heteroatoms. The van der Waals surface area contributed by atoms with Gasteiger partial charge in [0.05, 0.1) is 6.04 Å². The predicted molar refractivity (Wildman–Crippen MR) is 52.6 cm³/mol. The van der Waals surface area contributed by atoms with Gasteiger partial charge in [0.25, 0.3) is 0 Å². The summed E-state index contributed by atoms with van der Waals surface area (Å²) >= 11 is 0. The zero-order valence-electron chi connectivity index (χ0n) is 7.91. The van der Waals surface area contributed by atoms with Gasteiger partial charge in [-0.2, -0.15) is 13.2 Å². The van der Waals surface area contributed by atoms with E-state index in [1.165, 1.54) is 0 Å². The Morgan fingerprint density at radius 1 is 1.12 bits per heavy atom. The Hall–Kier alpha value is -0.850. The van der Waals surface area contributed by atoms with E-state index in [-0.39, 0.29) is 18.0 Å². The fourth-order valence-electron chi connectivity index (χ4n) is 1.07. The molecule has 0 aromatic heterocycles. The van der Waals surface area contributed by atoms with Gasteiger partial charge in [-0.3, -0.25) is 0 Å². The van der Waals surface area contributed by atoms with Crippen LogP contribution in [0.4, 0.5) is 17.6 Å². The Balaban J connectivity index is 0.00000225. The van der Waals surface area contributed by atoms with Crippen LogP contribution < -0.4 is 5.73 Å². The number of alkyl halides is 3. The molecule has 1 aromatic rings. The summed E-state index contributed by atoms with van der Waals surface area (Å²) < 4.78 is 48.6. The van der Waals surface area contributed by atoms with Crippen molar-refractivity contribution < 1.29 is 22.7 Å². The lowest BCUT2D eigenvalue weighted by molar-refractivity contribution is -0.210. The molecule has 0 radical (unpaired) electrons. The minimum Gasteiger partial charge on any atom is -0.382 e. The Bertz CT molecular complexity index is 327. The average molecular weight is 260 g/mol. The van der Waals surface area contributed by atoms with E-state index in [1.54, 1.807) is 0 Å². The minimum absolute atomic E-state index is 0. The molecular weight excluding hydrogens is 250 g/mol. The number of nitrogens with two attached hydrogens (primary N) is 1. The number of aliphatic hydroxyl groups excluding tert-OH is 1. The van der Waals surface area contributed by atoms with Crippen LogP contribution in [0, 0.1) is 5.82 Å². The highest BCUT2D eigenvalue weighted by molar-refractivity contribution is 5.85. The standard InChI is InChI=1S/C9H9F4NO.ClH/c10-6-3-1-5(2-4-6)7(14)8(15)9(11,12)13;/h1-4,7-8,15H,14H2;1H/t7-,8-;/m1./s1. The molecule has 0 fully saturated rings. The smallest absolute Gasteiger partial charge is 0.382 e. The molecule has 0 aliphatic carbocycles. The topological polar surface area (TPSA) is 46.2 Å². The highest BCUT2D eigenvalue weighted by Gasteiger charge is 2.42. The summed E-state index contributed by atoms with van der Waals surface area (Å²) in [6, 6.07) is 2.58. The van der Waals surface area contributed by atoms with E-state index >= 15 is 0 Å². The van der Waals surface area contributed by atoms with Gasteiger partial charge >= 0.3 is 6.18 Å². The summed E-state index contributed by atoms with van der Waals surface area (Å²) in [5.41, 5.74) is 5.21. The lowest BCUT2D eigenvalue weighted by Crippen LogP contribution is -2.38. The molecule has 0 spiro atoms. The second kappa shape index (κ2) is 5.47. The molecule has 0 saturated heterocycles. The molecule has 0 saturated carbocycles. The summed E-state index contributed by atoms with van der Waals surface area (Å²) in [5, 5.41) is 8.83. The zero-order chi connectivity index (χ0) is 11.6. The Morgan fingerprint density at radius 2 is 1.56 bits per heavy atom. The largest absolute Gasteiger partial charge is 0.416 e. The first kappa shape index (κ1) is 15.2. The van der Waals surface area contributed by atoms with Crippen molar-refractivity contribution in [1.82, 2.24) is 0 Å². The van der Waals surface area contributed by atoms with Crippen LogP contribution in [-0.2, 0) is 0 Å². The molecule has 92 valence electrons. The van der Waals surface area contributed by atoms with Gasteiger partial charge in [0.2, 0.25) is 0 Å². The molecule has 2 atom stereocenters. The van der Waals surface area contributed by atoms with Gasteiger partial charge in [-0.05, 0) is 17.7 Å². The number of benzene rings is 1. The van der Waals surface area contributed by atoms with E-state index in [9.17, 15) is 17.6 Å². The molecule has 0 amide bonds. The van der Waals surface area contributed by atoms with Gasteiger partial charge in [0, 0.05) is 0 Å². The first-order valence-electron chi connectivity index (χ1n) is 4.08. The maximum absolute atomic E-state index is 12.5. The van der Waals surface area contributed by atoms with Crippen LogP contribution in [0.5, 0.6) is 0 Å². The highest BCUT2D eigenvalue weighted by Crippen LogP contribution is 2.28. The second-order valence-corrected chi connectivity index (χ2v) is 3.06. The van der Waals surface area contributed by atoms with E-state index in [4.69, 9.17) is 10.8 Å². The van der Waals surface area contributed by atoms with E-state index in [1.807, 2.05) is 0 Å². The van der Waals surface area contributed by atoms with Crippen molar-refractivity contribution in [2.45, 2.75) is 18.3 Å². The molecule has 16 heavy (non-hydrogen) atoms. The van der Waals surface area contributed by atoms with Gasteiger partial charge < -0.3 is 10.8 Å². The molecule has 0 bridgehead atoms. The third-order valence-corrected chi connectivity index (χ3v) is 1.93. The summed E-state index contributed by atoms with van der Waals surface area (Å²) in [4.78, 5) is 0. The minimum atomic E-state index is -4.78. The van der Waals surface area contributed by atoms with Crippen molar-refractivity contribution in [2.75, 3.05) is 0 Å². The van der Waals surface area contributed by atoms with Crippen molar-refractivity contribution >= 4 is 12.4 Å². The Morgan fingerprint density at radius 3 is 1.94 bits per heavy atom. The number of rotatable bonds is 2. The van der Waals surface area contributed by atoms with Crippen LogP contribution >= 0.6 is 12.4 Å². The molecule has 0 heterocycles. The van der Waals surface area contributed by atoms with Gasteiger partial charge in [0.1, 0.15) is 5.82 Å². The van der Waals surface area contributed by atoms with E-state index in [2.05, 4.69) is 0 Å². The first-order valence-corrected chi connectivity index (χ1v) is 4.08. The third kappa shape index (κ3) is 3.62. The maximum atomic E-state index is 12.5. The Labute approximate surface area is 95.5 Å². The Kier molecular flexibility index (Phi) is 5.18. The fraction of sp³-hybridized carbons (Fsp3) is 0.333. The van der Waals surface area contributed by atoms with E-state index in [0.29, 0.717) is 0 Å². The zero-order valence-corrected chi connectivity index (χ0v) is 8.73. The summed E-state index contributed by atoms with van der Waals surface area (Å²) in [6.45, 7) is 0. The first-order chi connectivity index (χ1) is 6.82. The number of hydrogen-bond donors (Lipinski definition) is 2. The van der Waals surface area contributed by atoms with Crippen LogP contribution in [0.1, 0.15) is 11.6 Å². The van der Waals surface area contributed by atoms with Crippen molar-refractivity contribution in [3.05, 3.63) is 35.6 Å². The third-order valence-electron chi connectivity index (χ3n) is 1.93. The van der Waals surface area contributed by atoms with Gasteiger partial charge in [-0.1, -0.05) is 12.1 Å². The second-order valence-electron chi connectivity index (χ2n) is 3.06. The monoisotopic (exact) mass is 259 g/mol. The number of aliphatic hydroxyl groups is 1. The fourth-order valence-corrected chi connectivity index (χ4v) is 1.07. The van der Waals surface area contributed by atoms with Crippen LogP contribution in [0.3, 0.4) is 0 Å². The van der Waals surface area contributed by atoms with Crippen molar-refractivity contribution in [1.29, 1.82) is 0 Å². The average Bonchev–Trinajstić information content (AvgIpc) is 2.15. The predicted octanol–water partition coefficient (Wildman–Crippen LogP) is 2.17. The van der Waals surface area contributed by atoms with Crippen LogP contribution in [-0.4, -0.2) is 17.4 Å². The van der Waals surface area contributed by atoms with Gasteiger partial charge in [-0.25, -0.2) is 4.39 Å². The lowest BCUT2D eigenvalue weighted by atomic mass is 10.0. The van der Waals surface area contributed by atoms with Gasteiger partial charge in [-0.15, -0.1) is 12.4 Å². The van der Waals surface area contributed by atoms with Crippen LogP contribution in [0.15, 0.2) is 24.3 Å². The lowest BCUT2D eigenvalue weighted by Gasteiger charge is -2.21. The van der Waals surface area contributed by atoms with Crippen LogP contribution in [0.25, 0.3) is 0 Å². The number of halogens is 5. The summed E-state index contributed by atoms with van der Waals surface area (Å²) in [7, 11) is 0. The molecule has 0 unspecified atom stereocenters. The molecule has 3 N–H and O–H groups in total. The maximum Gasteiger partial charge on any atom is 0.416 e. The molecule has 0 aliphatic rings. The number of hydrogen-bond acceptors (Lipinski definition) is 2.